The number of hydrogen-bond donors (Lipinski definition) is 0. The molecule has 1 fully saturated rings. The molecule has 5 nitrogen and oxygen atoms in total. The van der Waals surface area contributed by atoms with Crippen LogP contribution in [-0.2, 0) is 11.3 Å². The predicted octanol–water partition coefficient (Wildman–Crippen LogP) is 1.80. The van der Waals surface area contributed by atoms with Gasteiger partial charge in [-0.2, -0.15) is 15.2 Å². The molecule has 1 aromatic heterocycles. The quantitative estimate of drug-likeness (QED) is 0.794. The number of carbonyl (C=O) groups is 1. The Morgan fingerprint density at radius 1 is 1.47 bits per heavy atom. The number of nitrogens with zero attached hydrogens (tertiary/aromatic N) is 4. The van der Waals surface area contributed by atoms with Crippen LogP contribution >= 0.6 is 0 Å². The van der Waals surface area contributed by atoms with Gasteiger partial charge in [0.2, 0.25) is 0 Å². The number of amides is 1. The van der Waals surface area contributed by atoms with Crippen molar-refractivity contribution in [2.24, 2.45) is 11.0 Å². The first kappa shape index (κ1) is 10.5. The van der Waals surface area contributed by atoms with E-state index in [4.69, 9.17) is 0 Å². The fourth-order valence-electron chi connectivity index (χ4n) is 2.07. The highest BCUT2D eigenvalue weighted by Gasteiger charge is 2.31. The summed E-state index contributed by atoms with van der Waals surface area (Å²) in [6.45, 7) is 2.82. The lowest BCUT2D eigenvalue weighted by atomic mass is 10.1. The van der Waals surface area contributed by atoms with Gasteiger partial charge in [-0.3, -0.25) is 9.48 Å². The third-order valence-electron chi connectivity index (χ3n) is 3.22. The summed E-state index contributed by atoms with van der Waals surface area (Å²) in [6, 6.07) is 1.84. The molecule has 1 amide bonds. The average molecular weight is 232 g/mol. The molecule has 0 unspecified atom stereocenters. The first-order valence-corrected chi connectivity index (χ1v) is 6.19. The van der Waals surface area contributed by atoms with Crippen LogP contribution < -0.4 is 5.01 Å². The molecule has 0 bridgehead atoms. The molecule has 0 aromatic carbocycles. The zero-order valence-corrected chi connectivity index (χ0v) is 9.96. The lowest BCUT2D eigenvalue weighted by molar-refractivity contribution is -0.116. The number of hydrazone groups is 1. The van der Waals surface area contributed by atoms with Crippen molar-refractivity contribution in [3.8, 4) is 0 Å². The molecule has 0 atom stereocenters. The Labute approximate surface area is 100 Å². The smallest absolute Gasteiger partial charge is 0.254 e. The lowest BCUT2D eigenvalue weighted by Gasteiger charge is -2.06. The maximum atomic E-state index is 11.8. The van der Waals surface area contributed by atoms with E-state index in [9.17, 15) is 4.79 Å². The molecule has 0 N–H and O–H groups in total. The molecule has 90 valence electrons. The van der Waals surface area contributed by atoms with E-state index in [2.05, 4.69) is 10.2 Å². The second kappa shape index (κ2) is 3.98. The maximum Gasteiger partial charge on any atom is 0.254 e. The van der Waals surface area contributed by atoms with Crippen LogP contribution in [0.5, 0.6) is 0 Å². The molecule has 1 saturated carbocycles. The Kier molecular flexibility index (Phi) is 2.46. The third-order valence-corrected chi connectivity index (χ3v) is 3.22. The zero-order chi connectivity index (χ0) is 11.8. The van der Waals surface area contributed by atoms with Crippen molar-refractivity contribution in [2.45, 2.75) is 39.2 Å². The number of aromatic nitrogens is 2. The summed E-state index contributed by atoms with van der Waals surface area (Å²) in [5, 5.41) is 10.1. The minimum Gasteiger partial charge on any atom is -0.272 e. The number of rotatable bonds is 4. The van der Waals surface area contributed by atoms with Gasteiger partial charge in [0.1, 0.15) is 0 Å². The fraction of sp³-hybridized carbons (Fsp3) is 0.583. The van der Waals surface area contributed by atoms with Crippen LogP contribution in [0.25, 0.3) is 0 Å². The number of anilines is 1. The summed E-state index contributed by atoms with van der Waals surface area (Å²) in [5.41, 5.74) is 1.02. The first-order valence-electron chi connectivity index (χ1n) is 6.19. The second-order valence-corrected chi connectivity index (χ2v) is 4.73. The van der Waals surface area contributed by atoms with Crippen molar-refractivity contribution in [1.82, 2.24) is 9.78 Å². The van der Waals surface area contributed by atoms with Gasteiger partial charge in [0.15, 0.2) is 5.82 Å². The van der Waals surface area contributed by atoms with Crippen LogP contribution in [-0.4, -0.2) is 21.4 Å². The highest BCUT2D eigenvalue weighted by Crippen LogP contribution is 2.34. The van der Waals surface area contributed by atoms with E-state index >= 15 is 0 Å². The molecule has 5 heteroatoms. The zero-order valence-electron chi connectivity index (χ0n) is 9.96. The first-order chi connectivity index (χ1) is 8.26. The Hall–Kier alpha value is -1.65. The minimum absolute atomic E-state index is 0.0435. The van der Waals surface area contributed by atoms with E-state index in [-0.39, 0.29) is 5.91 Å². The largest absolute Gasteiger partial charge is 0.272 e. The molecule has 0 radical (unpaired) electrons. The van der Waals surface area contributed by atoms with Gasteiger partial charge in [0.05, 0.1) is 6.42 Å². The van der Waals surface area contributed by atoms with Crippen LogP contribution in [0.1, 0.15) is 32.6 Å². The van der Waals surface area contributed by atoms with Gasteiger partial charge in [-0.1, -0.05) is 0 Å². The van der Waals surface area contributed by atoms with Gasteiger partial charge in [-0.25, -0.2) is 0 Å². The van der Waals surface area contributed by atoms with Crippen molar-refractivity contribution in [3.05, 3.63) is 12.3 Å². The second-order valence-electron chi connectivity index (χ2n) is 4.73. The van der Waals surface area contributed by atoms with Crippen LogP contribution in [0.3, 0.4) is 0 Å². The molecular formula is C12H16N4O. The van der Waals surface area contributed by atoms with Crippen molar-refractivity contribution in [1.29, 1.82) is 0 Å². The summed E-state index contributed by atoms with van der Waals surface area (Å²) in [6.07, 6.45) is 5.90. The maximum absolute atomic E-state index is 11.8. The van der Waals surface area contributed by atoms with Crippen LogP contribution in [0.15, 0.2) is 17.4 Å². The Bertz CT molecular complexity index is 473. The van der Waals surface area contributed by atoms with Crippen LogP contribution in [0, 0.1) is 5.92 Å². The summed E-state index contributed by atoms with van der Waals surface area (Å²) >= 11 is 0. The van der Waals surface area contributed by atoms with E-state index in [0.717, 1.165) is 24.6 Å². The monoisotopic (exact) mass is 232 g/mol. The molecule has 0 saturated heterocycles. The standard InChI is InChI=1S/C12H16N4O/c1-2-15-6-5-11(14-15)16-12(17)8-10(13-16)7-9-3-4-9/h5-6,9H,2-4,7-8H2,1H3. The molecule has 1 aliphatic carbocycles. The van der Waals surface area contributed by atoms with E-state index in [1.807, 2.05) is 19.2 Å². The number of carbonyl (C=O) groups excluding carboxylic acids is 1. The summed E-state index contributed by atoms with van der Waals surface area (Å²) in [7, 11) is 0. The summed E-state index contributed by atoms with van der Waals surface area (Å²) in [5.74, 6) is 1.46. The minimum atomic E-state index is 0.0435. The van der Waals surface area contributed by atoms with Gasteiger partial charge in [-0.05, 0) is 32.1 Å². The molecule has 1 aromatic rings. The van der Waals surface area contributed by atoms with Crippen LogP contribution in [0.2, 0.25) is 0 Å². The molecule has 2 heterocycles. The van der Waals surface area contributed by atoms with E-state index < -0.39 is 0 Å². The lowest BCUT2D eigenvalue weighted by Crippen LogP contribution is -2.20. The van der Waals surface area contributed by atoms with Gasteiger partial charge < -0.3 is 0 Å². The SMILES string of the molecule is CCn1ccc(N2N=C(CC3CC3)CC2=O)n1. The Morgan fingerprint density at radius 3 is 2.94 bits per heavy atom. The van der Waals surface area contributed by atoms with Gasteiger partial charge in [0.25, 0.3) is 5.91 Å². The number of aryl methyl sites for hydroxylation is 1. The van der Waals surface area contributed by atoms with E-state index in [1.54, 1.807) is 4.68 Å². The average Bonchev–Trinajstić information content (AvgIpc) is 2.88. The highest BCUT2D eigenvalue weighted by molar-refractivity contribution is 6.12. The topological polar surface area (TPSA) is 50.5 Å². The third kappa shape index (κ3) is 2.09. The summed E-state index contributed by atoms with van der Waals surface area (Å²) in [4.78, 5) is 11.8. The van der Waals surface area contributed by atoms with Crippen molar-refractivity contribution in [3.63, 3.8) is 0 Å². The molecule has 2 aliphatic rings. The predicted molar refractivity (Wildman–Crippen MR) is 64.8 cm³/mol. The molecule has 1 aliphatic heterocycles. The van der Waals surface area contributed by atoms with Gasteiger partial charge in [0, 0.05) is 24.5 Å². The highest BCUT2D eigenvalue weighted by atomic mass is 16.2. The number of hydrogen-bond acceptors (Lipinski definition) is 3. The van der Waals surface area contributed by atoms with Gasteiger partial charge in [-0.15, -0.1) is 0 Å². The molecule has 3 rings (SSSR count). The van der Waals surface area contributed by atoms with E-state index in [1.165, 1.54) is 17.9 Å². The summed E-state index contributed by atoms with van der Waals surface area (Å²) < 4.78 is 1.80. The molecule has 17 heavy (non-hydrogen) atoms. The fourth-order valence-corrected chi connectivity index (χ4v) is 2.07. The Balaban J connectivity index is 1.77. The van der Waals surface area contributed by atoms with Crippen LogP contribution in [0.4, 0.5) is 5.82 Å². The van der Waals surface area contributed by atoms with Gasteiger partial charge >= 0.3 is 0 Å². The Morgan fingerprint density at radius 2 is 2.29 bits per heavy atom. The molecule has 0 spiro atoms. The molecular weight excluding hydrogens is 216 g/mol. The normalized spacial score (nSPS) is 19.9. The van der Waals surface area contributed by atoms with Crippen molar-refractivity contribution in [2.75, 3.05) is 5.01 Å². The van der Waals surface area contributed by atoms with E-state index in [0.29, 0.717) is 12.2 Å². The van der Waals surface area contributed by atoms with Crippen molar-refractivity contribution < 1.29 is 4.79 Å². The van der Waals surface area contributed by atoms with Crippen molar-refractivity contribution >= 4 is 17.4 Å².